The predicted octanol–water partition coefficient (Wildman–Crippen LogP) is 1.70. The molecule has 3 aliphatic rings. The number of aromatic nitrogens is 2. The van der Waals surface area contributed by atoms with Crippen molar-refractivity contribution in [2.45, 2.75) is 31.2 Å². The molecule has 1 atom stereocenters. The lowest BCUT2D eigenvalue weighted by Gasteiger charge is -2.18. The fourth-order valence-electron chi connectivity index (χ4n) is 3.82. The van der Waals surface area contributed by atoms with Crippen molar-refractivity contribution in [3.8, 4) is 5.75 Å². The van der Waals surface area contributed by atoms with Crippen molar-refractivity contribution in [3.63, 3.8) is 0 Å². The first kappa shape index (κ1) is 18.2. The van der Waals surface area contributed by atoms with Gasteiger partial charge < -0.3 is 15.4 Å². The second-order valence-electron chi connectivity index (χ2n) is 7.73. The van der Waals surface area contributed by atoms with E-state index in [4.69, 9.17) is 4.74 Å². The van der Waals surface area contributed by atoms with Crippen LogP contribution in [-0.4, -0.2) is 48.1 Å². The van der Waals surface area contributed by atoms with Gasteiger partial charge in [-0.05, 0) is 43.5 Å². The van der Waals surface area contributed by atoms with E-state index in [1.54, 1.807) is 28.9 Å². The molecule has 2 aliphatic heterocycles. The second-order valence-corrected chi connectivity index (χ2v) is 9.96. The number of rotatable bonds is 4. The molecule has 1 saturated carbocycles. The number of nitrogens with zero attached hydrogens (tertiary/aromatic N) is 2. The summed E-state index contributed by atoms with van der Waals surface area (Å²) in [4.78, 5) is 24.3. The van der Waals surface area contributed by atoms with E-state index in [0.717, 1.165) is 18.5 Å². The van der Waals surface area contributed by atoms with Crippen LogP contribution in [0, 0.1) is 0 Å². The zero-order valence-corrected chi connectivity index (χ0v) is 16.4. The molecular weight excluding hydrogens is 396 g/mol. The van der Waals surface area contributed by atoms with Gasteiger partial charge in [-0.3, -0.25) is 14.3 Å². The summed E-state index contributed by atoms with van der Waals surface area (Å²) in [5, 5.41) is 9.95. The third-order valence-electron chi connectivity index (χ3n) is 5.42. The van der Waals surface area contributed by atoms with E-state index < -0.39 is 9.84 Å². The number of amides is 2. The van der Waals surface area contributed by atoms with Crippen LogP contribution in [0.1, 0.15) is 47.4 Å². The lowest BCUT2D eigenvalue weighted by atomic mass is 10.2. The zero-order chi connectivity index (χ0) is 20.2. The summed E-state index contributed by atoms with van der Waals surface area (Å²) in [5.74, 6) is 0.482. The standard InChI is InChI=1S/C19H20N4O5S/c24-18-9-28-17-4-3-12(7-14(17)21-18)20-19(25)15-8-16(11-1-2-11)23(22-15)13-5-6-29(26,27)10-13/h3-4,7-8,11,13H,1-2,5-6,9-10H2,(H,20,25)(H,21,24). The van der Waals surface area contributed by atoms with Crippen molar-refractivity contribution in [2.75, 3.05) is 28.7 Å². The molecule has 0 bridgehead atoms. The van der Waals surface area contributed by atoms with E-state index in [0.29, 0.717) is 29.5 Å². The van der Waals surface area contributed by atoms with Crippen molar-refractivity contribution in [2.24, 2.45) is 0 Å². The van der Waals surface area contributed by atoms with E-state index in [9.17, 15) is 18.0 Å². The average molecular weight is 416 g/mol. The predicted molar refractivity (Wildman–Crippen MR) is 105 cm³/mol. The van der Waals surface area contributed by atoms with Gasteiger partial charge in [-0.15, -0.1) is 0 Å². The number of anilines is 2. The van der Waals surface area contributed by atoms with Crippen molar-refractivity contribution in [1.82, 2.24) is 9.78 Å². The van der Waals surface area contributed by atoms with Crippen LogP contribution in [0.2, 0.25) is 0 Å². The molecule has 0 spiro atoms. The summed E-state index contributed by atoms with van der Waals surface area (Å²) in [7, 11) is -3.05. The van der Waals surface area contributed by atoms with Gasteiger partial charge in [0, 0.05) is 17.3 Å². The fraction of sp³-hybridized carbons (Fsp3) is 0.421. The Morgan fingerprint density at radius 1 is 1.24 bits per heavy atom. The topological polar surface area (TPSA) is 119 Å². The minimum atomic E-state index is -3.05. The van der Waals surface area contributed by atoms with Crippen LogP contribution in [-0.2, 0) is 14.6 Å². The molecule has 29 heavy (non-hydrogen) atoms. The van der Waals surface area contributed by atoms with Crippen molar-refractivity contribution < 1.29 is 22.7 Å². The van der Waals surface area contributed by atoms with Crippen molar-refractivity contribution in [3.05, 3.63) is 35.7 Å². The average Bonchev–Trinajstić information content (AvgIpc) is 3.32. The van der Waals surface area contributed by atoms with Gasteiger partial charge in [0.15, 0.2) is 22.1 Å². The number of nitrogens with one attached hydrogen (secondary N) is 2. The minimum absolute atomic E-state index is 0.0308. The smallest absolute Gasteiger partial charge is 0.276 e. The summed E-state index contributed by atoms with van der Waals surface area (Å²) in [5.41, 5.74) is 2.20. The molecule has 2 fully saturated rings. The molecule has 5 rings (SSSR count). The van der Waals surface area contributed by atoms with Gasteiger partial charge in [0.1, 0.15) is 5.75 Å². The molecule has 2 amide bonds. The lowest BCUT2D eigenvalue weighted by molar-refractivity contribution is -0.118. The first-order valence-corrected chi connectivity index (χ1v) is 11.4. The Labute approximate surface area is 167 Å². The Morgan fingerprint density at radius 2 is 2.07 bits per heavy atom. The SMILES string of the molecule is O=C1COc2ccc(NC(=O)c3cc(C4CC4)n(C4CCS(=O)(=O)C4)n3)cc2N1. The van der Waals surface area contributed by atoms with Gasteiger partial charge in [-0.1, -0.05) is 0 Å². The molecule has 10 heteroatoms. The Balaban J connectivity index is 1.38. The quantitative estimate of drug-likeness (QED) is 0.783. The summed E-state index contributed by atoms with van der Waals surface area (Å²) in [6, 6.07) is 6.56. The van der Waals surface area contributed by atoms with Gasteiger partial charge >= 0.3 is 0 Å². The second kappa shape index (κ2) is 6.58. The third kappa shape index (κ3) is 3.59. The van der Waals surface area contributed by atoms with E-state index in [1.165, 1.54) is 0 Å². The Bertz CT molecular complexity index is 1120. The van der Waals surface area contributed by atoms with Gasteiger partial charge in [0.2, 0.25) is 0 Å². The summed E-state index contributed by atoms with van der Waals surface area (Å²) in [6.07, 6.45) is 2.57. The van der Waals surface area contributed by atoms with E-state index in [-0.39, 0.29) is 41.7 Å². The first-order valence-electron chi connectivity index (χ1n) is 9.56. The number of hydrogen-bond acceptors (Lipinski definition) is 6. The maximum absolute atomic E-state index is 12.8. The van der Waals surface area contributed by atoms with Crippen LogP contribution in [0.5, 0.6) is 5.75 Å². The number of carbonyl (C=O) groups excluding carboxylic acids is 2. The molecule has 2 N–H and O–H groups in total. The maximum Gasteiger partial charge on any atom is 0.276 e. The minimum Gasteiger partial charge on any atom is -0.482 e. The number of sulfone groups is 1. The lowest BCUT2D eigenvalue weighted by Crippen LogP contribution is -2.25. The normalized spacial score (nSPS) is 22.5. The Morgan fingerprint density at radius 3 is 2.79 bits per heavy atom. The fourth-order valence-corrected chi connectivity index (χ4v) is 5.51. The number of ether oxygens (including phenoxy) is 1. The van der Waals surface area contributed by atoms with Gasteiger partial charge in [0.05, 0.1) is 23.2 Å². The molecule has 1 aliphatic carbocycles. The Kier molecular flexibility index (Phi) is 4.12. The largest absolute Gasteiger partial charge is 0.482 e. The summed E-state index contributed by atoms with van der Waals surface area (Å²) >= 11 is 0. The monoisotopic (exact) mass is 416 g/mol. The Hall–Kier alpha value is -2.88. The van der Waals surface area contributed by atoms with E-state index in [2.05, 4.69) is 15.7 Å². The number of carbonyl (C=O) groups is 2. The van der Waals surface area contributed by atoms with Crippen LogP contribution in [0.25, 0.3) is 0 Å². The summed E-state index contributed by atoms with van der Waals surface area (Å²) < 4.78 is 30.8. The molecule has 152 valence electrons. The van der Waals surface area contributed by atoms with E-state index in [1.807, 2.05) is 0 Å². The zero-order valence-electron chi connectivity index (χ0n) is 15.6. The van der Waals surface area contributed by atoms with Gasteiger partial charge in [-0.25, -0.2) is 8.42 Å². The number of fused-ring (bicyclic) bond motifs is 1. The van der Waals surface area contributed by atoms with Gasteiger partial charge in [-0.2, -0.15) is 5.10 Å². The van der Waals surface area contributed by atoms with Crippen LogP contribution < -0.4 is 15.4 Å². The van der Waals surface area contributed by atoms with Crippen LogP contribution in [0.15, 0.2) is 24.3 Å². The highest BCUT2D eigenvalue weighted by Crippen LogP contribution is 2.42. The van der Waals surface area contributed by atoms with Crippen LogP contribution in [0.3, 0.4) is 0 Å². The molecule has 0 radical (unpaired) electrons. The molecule has 1 unspecified atom stereocenters. The van der Waals surface area contributed by atoms with Crippen LogP contribution in [0.4, 0.5) is 11.4 Å². The maximum atomic E-state index is 12.8. The third-order valence-corrected chi connectivity index (χ3v) is 7.17. The van der Waals surface area contributed by atoms with Gasteiger partial charge in [0.25, 0.3) is 11.8 Å². The molecular formula is C19H20N4O5S. The first-order chi connectivity index (χ1) is 13.9. The number of hydrogen-bond donors (Lipinski definition) is 2. The number of benzene rings is 1. The molecule has 2 aromatic rings. The summed E-state index contributed by atoms with van der Waals surface area (Å²) in [6.45, 7) is -0.0308. The van der Waals surface area contributed by atoms with Crippen molar-refractivity contribution >= 4 is 33.0 Å². The van der Waals surface area contributed by atoms with Crippen LogP contribution >= 0.6 is 0 Å². The van der Waals surface area contributed by atoms with Crippen molar-refractivity contribution in [1.29, 1.82) is 0 Å². The highest BCUT2D eigenvalue weighted by atomic mass is 32.2. The molecule has 3 heterocycles. The molecule has 1 aromatic heterocycles. The highest BCUT2D eigenvalue weighted by molar-refractivity contribution is 7.91. The van der Waals surface area contributed by atoms with E-state index >= 15 is 0 Å². The molecule has 1 saturated heterocycles. The highest BCUT2D eigenvalue weighted by Gasteiger charge is 2.36. The molecule has 1 aromatic carbocycles. The molecule has 9 nitrogen and oxygen atoms in total.